The molecule has 3 aliphatic carbocycles. The molecule has 0 N–H and O–H groups in total. The number of benzene rings is 9. The first kappa shape index (κ1) is 38.5. The minimum atomic E-state index is -0.514. The molecule has 308 valence electrons. The van der Waals surface area contributed by atoms with Crippen LogP contribution in [-0.2, 0) is 5.41 Å². The Kier molecular flexibility index (Phi) is 9.52. The maximum Gasteiger partial charge on any atom is 0.0714 e. The highest BCUT2D eigenvalue weighted by molar-refractivity contribution is 5.98. The van der Waals surface area contributed by atoms with Crippen LogP contribution < -0.4 is 4.90 Å². The van der Waals surface area contributed by atoms with Crippen molar-refractivity contribution in [3.63, 3.8) is 0 Å². The van der Waals surface area contributed by atoms with Gasteiger partial charge < -0.3 is 4.90 Å². The first-order valence-corrected chi connectivity index (χ1v) is 23.3. The summed E-state index contributed by atoms with van der Waals surface area (Å²) in [6.07, 6.45) is 5.53. The van der Waals surface area contributed by atoms with E-state index >= 15 is 0 Å². The van der Waals surface area contributed by atoms with Crippen molar-refractivity contribution >= 4 is 17.1 Å². The average molecular weight is 822 g/mol. The topological polar surface area (TPSA) is 3.24 Å². The van der Waals surface area contributed by atoms with E-state index in [0.717, 1.165) is 28.9 Å². The molecule has 2 saturated carbocycles. The molecule has 0 aromatic heterocycles. The molecule has 9 aromatic rings. The summed E-state index contributed by atoms with van der Waals surface area (Å²) >= 11 is 0. The van der Waals surface area contributed by atoms with Gasteiger partial charge in [0.2, 0.25) is 0 Å². The molecule has 3 atom stereocenters. The normalized spacial score (nSPS) is 17.8. The fourth-order valence-electron chi connectivity index (χ4n) is 12.1. The van der Waals surface area contributed by atoms with Crippen LogP contribution >= 0.6 is 0 Å². The van der Waals surface area contributed by atoms with Crippen molar-refractivity contribution in [1.29, 1.82) is 0 Å². The van der Waals surface area contributed by atoms with Crippen molar-refractivity contribution in [2.24, 2.45) is 11.8 Å². The Morgan fingerprint density at radius 1 is 0.406 bits per heavy atom. The molecule has 9 aromatic carbocycles. The standard InChI is InChI=1S/C63H51N/c1-43-29-37-56-57-38-36-51(42-61(57)63(60(56)39-43,48-19-7-3-8-20-48)49-21-9-4-10-22-49)64(50-34-32-46(33-35-50)59-41-44-30-31-47(59)40-44)62-28-16-15-27-58(62)55-26-14-13-25-54(55)53-24-12-11-23-52(53)45-17-5-2-6-18-45/h2-29,32-39,42,44,47,59H,30-31,40-41H2,1H3. The Labute approximate surface area is 378 Å². The van der Waals surface area contributed by atoms with E-state index in [0.29, 0.717) is 5.92 Å². The van der Waals surface area contributed by atoms with Crippen LogP contribution in [0.4, 0.5) is 17.1 Å². The van der Waals surface area contributed by atoms with Crippen molar-refractivity contribution < 1.29 is 0 Å². The quantitative estimate of drug-likeness (QED) is 0.140. The first-order chi connectivity index (χ1) is 31.6. The van der Waals surface area contributed by atoms with Gasteiger partial charge in [-0.3, -0.25) is 0 Å². The number of rotatable bonds is 9. The second kappa shape index (κ2) is 15.8. The van der Waals surface area contributed by atoms with Gasteiger partial charge in [0.1, 0.15) is 0 Å². The zero-order chi connectivity index (χ0) is 42.6. The predicted octanol–water partition coefficient (Wildman–Crippen LogP) is 16.7. The Hall–Kier alpha value is -7.22. The van der Waals surface area contributed by atoms with Gasteiger partial charge in [-0.25, -0.2) is 0 Å². The van der Waals surface area contributed by atoms with Gasteiger partial charge in [-0.05, 0) is 141 Å². The minimum Gasteiger partial charge on any atom is -0.310 e. The third-order valence-electron chi connectivity index (χ3n) is 14.9. The zero-order valence-electron chi connectivity index (χ0n) is 36.4. The fourth-order valence-corrected chi connectivity index (χ4v) is 12.1. The van der Waals surface area contributed by atoms with E-state index in [-0.39, 0.29) is 0 Å². The minimum absolute atomic E-state index is 0.514. The van der Waals surface area contributed by atoms with Gasteiger partial charge >= 0.3 is 0 Å². The molecule has 64 heavy (non-hydrogen) atoms. The number of hydrogen-bond donors (Lipinski definition) is 0. The third kappa shape index (κ3) is 6.28. The summed E-state index contributed by atoms with van der Waals surface area (Å²) in [7, 11) is 0. The van der Waals surface area contributed by atoms with Crippen LogP contribution in [0, 0.1) is 18.8 Å². The van der Waals surface area contributed by atoms with Crippen molar-refractivity contribution in [2.45, 2.75) is 43.9 Å². The van der Waals surface area contributed by atoms with Crippen molar-refractivity contribution in [1.82, 2.24) is 0 Å². The molecule has 12 rings (SSSR count). The molecule has 1 nitrogen and oxygen atoms in total. The molecule has 0 heterocycles. The Balaban J connectivity index is 1.09. The SMILES string of the molecule is Cc1ccc2c(c1)C(c1ccccc1)(c1ccccc1)c1cc(N(c3ccc(C4CC5CCC4C5)cc3)c3ccccc3-c3ccccc3-c3ccccc3-c3ccccc3)ccc1-2. The highest BCUT2D eigenvalue weighted by atomic mass is 15.1. The molecular weight excluding hydrogens is 771 g/mol. The van der Waals surface area contributed by atoms with E-state index in [1.165, 1.54) is 104 Å². The summed E-state index contributed by atoms with van der Waals surface area (Å²) in [5.41, 5.74) is 20.8. The fraction of sp³-hybridized carbons (Fsp3) is 0.143. The number of para-hydroxylation sites is 1. The van der Waals surface area contributed by atoms with E-state index in [9.17, 15) is 0 Å². The molecule has 0 aliphatic heterocycles. The largest absolute Gasteiger partial charge is 0.310 e. The smallest absolute Gasteiger partial charge is 0.0714 e. The Morgan fingerprint density at radius 3 is 1.55 bits per heavy atom. The average Bonchev–Trinajstić information content (AvgIpc) is 4.08. The number of hydrogen-bond acceptors (Lipinski definition) is 1. The predicted molar refractivity (Wildman–Crippen MR) is 268 cm³/mol. The summed E-state index contributed by atoms with van der Waals surface area (Å²) in [6, 6.07) is 84.1. The van der Waals surface area contributed by atoms with E-state index in [2.05, 4.69) is 236 Å². The first-order valence-electron chi connectivity index (χ1n) is 23.3. The lowest BCUT2D eigenvalue weighted by Crippen LogP contribution is -2.29. The van der Waals surface area contributed by atoms with Gasteiger partial charge in [0, 0.05) is 16.9 Å². The number of aryl methyl sites for hydroxylation is 1. The van der Waals surface area contributed by atoms with E-state index in [4.69, 9.17) is 0 Å². The zero-order valence-corrected chi connectivity index (χ0v) is 36.4. The summed E-state index contributed by atoms with van der Waals surface area (Å²) < 4.78 is 0. The van der Waals surface area contributed by atoms with Gasteiger partial charge in [0.25, 0.3) is 0 Å². The van der Waals surface area contributed by atoms with Crippen LogP contribution in [0.25, 0.3) is 44.5 Å². The van der Waals surface area contributed by atoms with Crippen molar-refractivity contribution in [3.05, 3.63) is 258 Å². The lowest BCUT2D eigenvalue weighted by Gasteiger charge is -2.35. The maximum atomic E-state index is 2.54. The monoisotopic (exact) mass is 821 g/mol. The maximum absolute atomic E-state index is 2.54. The van der Waals surface area contributed by atoms with E-state index in [1.807, 2.05) is 0 Å². The van der Waals surface area contributed by atoms with Gasteiger partial charge in [-0.15, -0.1) is 0 Å². The number of anilines is 3. The second-order valence-electron chi connectivity index (χ2n) is 18.4. The van der Waals surface area contributed by atoms with Gasteiger partial charge in [0.05, 0.1) is 11.1 Å². The Morgan fingerprint density at radius 2 is 0.922 bits per heavy atom. The van der Waals surface area contributed by atoms with Crippen molar-refractivity contribution in [3.8, 4) is 44.5 Å². The highest BCUT2D eigenvalue weighted by Gasteiger charge is 2.46. The second-order valence-corrected chi connectivity index (χ2v) is 18.4. The van der Waals surface area contributed by atoms with Gasteiger partial charge in [0.15, 0.2) is 0 Å². The van der Waals surface area contributed by atoms with Crippen LogP contribution in [0.15, 0.2) is 224 Å². The Bertz CT molecular complexity index is 3090. The summed E-state index contributed by atoms with van der Waals surface area (Å²) in [6.45, 7) is 2.23. The molecule has 3 aliphatic rings. The van der Waals surface area contributed by atoms with Gasteiger partial charge in [-0.1, -0.05) is 206 Å². The molecule has 0 saturated heterocycles. The van der Waals surface area contributed by atoms with E-state index < -0.39 is 5.41 Å². The molecule has 2 fully saturated rings. The molecule has 0 radical (unpaired) electrons. The molecule has 1 heteroatoms. The summed E-state index contributed by atoms with van der Waals surface area (Å²) in [5.74, 6) is 2.40. The summed E-state index contributed by atoms with van der Waals surface area (Å²) in [4.78, 5) is 2.54. The molecule has 0 spiro atoms. The number of fused-ring (bicyclic) bond motifs is 5. The van der Waals surface area contributed by atoms with Crippen LogP contribution in [0.2, 0.25) is 0 Å². The lowest BCUT2D eigenvalue weighted by molar-refractivity contribution is 0.420. The molecular formula is C63H51N. The highest BCUT2D eigenvalue weighted by Crippen LogP contribution is 2.58. The number of nitrogens with zero attached hydrogens (tertiary/aromatic N) is 1. The van der Waals surface area contributed by atoms with Crippen molar-refractivity contribution in [2.75, 3.05) is 4.90 Å². The van der Waals surface area contributed by atoms with Crippen LogP contribution in [0.5, 0.6) is 0 Å². The van der Waals surface area contributed by atoms with Crippen LogP contribution in [-0.4, -0.2) is 0 Å². The van der Waals surface area contributed by atoms with Crippen LogP contribution in [0.3, 0.4) is 0 Å². The lowest BCUT2D eigenvalue weighted by atomic mass is 9.67. The van der Waals surface area contributed by atoms with Crippen LogP contribution in [0.1, 0.15) is 65.0 Å². The molecule has 0 amide bonds. The molecule has 3 unspecified atom stereocenters. The van der Waals surface area contributed by atoms with E-state index in [1.54, 1.807) is 0 Å². The van der Waals surface area contributed by atoms with Gasteiger partial charge in [-0.2, -0.15) is 0 Å². The molecule has 2 bridgehead atoms. The third-order valence-corrected chi connectivity index (χ3v) is 14.9. The summed E-state index contributed by atoms with van der Waals surface area (Å²) in [5, 5.41) is 0.